The van der Waals surface area contributed by atoms with Crippen LogP contribution in [0, 0.1) is 5.82 Å². The Morgan fingerprint density at radius 3 is 2.95 bits per heavy atom. The summed E-state index contributed by atoms with van der Waals surface area (Å²) in [5.41, 5.74) is 0.594. The first-order chi connectivity index (χ1) is 10.2. The normalized spacial score (nSPS) is 18.0. The van der Waals surface area contributed by atoms with Crippen LogP contribution in [0.25, 0.3) is 0 Å². The lowest BCUT2D eigenvalue weighted by atomic mass is 10.2. The summed E-state index contributed by atoms with van der Waals surface area (Å²) in [5, 5.41) is 7.22. The number of rotatable bonds is 5. The van der Waals surface area contributed by atoms with Gasteiger partial charge in [-0.3, -0.25) is 0 Å². The maximum atomic E-state index is 13.7. The first kappa shape index (κ1) is 20.0. The summed E-state index contributed by atoms with van der Waals surface area (Å²) in [5.74, 6) is 1.79. The number of thioether (sulfide) groups is 1. The number of halogens is 3. The molecule has 22 heavy (non-hydrogen) atoms. The zero-order valence-corrected chi connectivity index (χ0v) is 17.3. The van der Waals surface area contributed by atoms with Gasteiger partial charge in [0.25, 0.3) is 0 Å². The van der Waals surface area contributed by atoms with Gasteiger partial charge in [0.05, 0.1) is 6.54 Å². The maximum Gasteiger partial charge on any atom is 0.191 e. The van der Waals surface area contributed by atoms with Gasteiger partial charge < -0.3 is 10.6 Å². The van der Waals surface area contributed by atoms with Gasteiger partial charge in [-0.05, 0) is 43.7 Å². The van der Waals surface area contributed by atoms with Crippen molar-refractivity contribution in [3.05, 3.63) is 34.1 Å². The lowest BCUT2D eigenvalue weighted by molar-refractivity contribution is 0.609. The molecule has 0 saturated carbocycles. The van der Waals surface area contributed by atoms with E-state index in [0.29, 0.717) is 17.4 Å². The first-order valence-electron chi connectivity index (χ1n) is 7.26. The Hall–Kier alpha value is -0.0200. The molecule has 1 fully saturated rings. The zero-order valence-electron chi connectivity index (χ0n) is 12.6. The van der Waals surface area contributed by atoms with Crippen molar-refractivity contribution in [2.24, 2.45) is 4.99 Å². The number of nitrogens with zero attached hydrogens (tertiary/aromatic N) is 1. The Labute approximate surface area is 161 Å². The van der Waals surface area contributed by atoms with Gasteiger partial charge in [0.15, 0.2) is 5.96 Å². The molecule has 0 amide bonds. The van der Waals surface area contributed by atoms with Crippen LogP contribution in [0.4, 0.5) is 4.39 Å². The van der Waals surface area contributed by atoms with Crippen molar-refractivity contribution < 1.29 is 4.39 Å². The first-order valence-corrected chi connectivity index (χ1v) is 9.11. The number of nitrogens with one attached hydrogen (secondary N) is 2. The minimum Gasteiger partial charge on any atom is -0.357 e. The van der Waals surface area contributed by atoms with Gasteiger partial charge in [0.1, 0.15) is 5.82 Å². The largest absolute Gasteiger partial charge is 0.357 e. The third kappa shape index (κ3) is 6.62. The lowest BCUT2D eigenvalue weighted by Gasteiger charge is -2.14. The fourth-order valence-corrected chi connectivity index (χ4v) is 3.80. The molecule has 0 radical (unpaired) electrons. The second-order valence-corrected chi connectivity index (χ2v) is 7.27. The topological polar surface area (TPSA) is 36.4 Å². The van der Waals surface area contributed by atoms with Gasteiger partial charge in [-0.15, -0.1) is 24.0 Å². The molecular weight excluding hydrogens is 480 g/mol. The summed E-state index contributed by atoms with van der Waals surface area (Å²) >= 11 is 5.37. The average molecular weight is 502 g/mol. The molecule has 1 aliphatic rings. The highest BCUT2D eigenvalue weighted by atomic mass is 127. The Balaban J connectivity index is 0.00000242. The van der Waals surface area contributed by atoms with Crippen LogP contribution >= 0.6 is 51.7 Å². The summed E-state index contributed by atoms with van der Waals surface area (Å²) in [4.78, 5) is 4.47. The zero-order chi connectivity index (χ0) is 15.1. The van der Waals surface area contributed by atoms with Crippen LogP contribution in [0.3, 0.4) is 0 Å². The summed E-state index contributed by atoms with van der Waals surface area (Å²) in [6.45, 7) is 4.07. The molecule has 124 valence electrons. The van der Waals surface area contributed by atoms with Crippen molar-refractivity contribution >= 4 is 57.6 Å². The van der Waals surface area contributed by atoms with Crippen LogP contribution in [-0.4, -0.2) is 30.1 Å². The van der Waals surface area contributed by atoms with Crippen molar-refractivity contribution in [3.63, 3.8) is 0 Å². The third-order valence-electron chi connectivity index (χ3n) is 3.28. The highest BCUT2D eigenvalue weighted by Crippen LogP contribution is 2.25. The van der Waals surface area contributed by atoms with Gasteiger partial charge in [-0.25, -0.2) is 9.38 Å². The molecule has 0 spiro atoms. The van der Waals surface area contributed by atoms with Crippen LogP contribution < -0.4 is 10.6 Å². The molecule has 7 heteroatoms. The molecule has 1 aliphatic heterocycles. The third-order valence-corrected chi connectivity index (χ3v) is 5.17. The molecule has 1 atom stereocenters. The van der Waals surface area contributed by atoms with Crippen LogP contribution in [0.1, 0.15) is 25.3 Å². The molecule has 2 N–H and O–H groups in total. The number of benzene rings is 1. The van der Waals surface area contributed by atoms with E-state index in [1.165, 1.54) is 24.7 Å². The van der Waals surface area contributed by atoms with Crippen molar-refractivity contribution in [1.29, 1.82) is 0 Å². The van der Waals surface area contributed by atoms with E-state index in [-0.39, 0.29) is 29.8 Å². The predicted molar refractivity (Wildman–Crippen MR) is 108 cm³/mol. The maximum absolute atomic E-state index is 13.7. The molecule has 1 saturated heterocycles. The predicted octanol–water partition coefficient (Wildman–Crippen LogP) is 4.16. The van der Waals surface area contributed by atoms with E-state index >= 15 is 0 Å². The molecule has 3 nitrogen and oxygen atoms in total. The number of hydrogen-bond acceptors (Lipinski definition) is 2. The van der Waals surface area contributed by atoms with E-state index < -0.39 is 0 Å². The van der Waals surface area contributed by atoms with E-state index in [2.05, 4.69) is 31.6 Å². The fraction of sp³-hybridized carbons (Fsp3) is 0.533. The van der Waals surface area contributed by atoms with E-state index in [4.69, 9.17) is 0 Å². The molecular formula is C15H22BrFIN3S. The Morgan fingerprint density at radius 1 is 1.45 bits per heavy atom. The number of aliphatic imine (C=N–C) groups is 1. The summed E-state index contributed by atoms with van der Waals surface area (Å²) in [6.07, 6.45) is 2.56. The molecule has 1 unspecified atom stereocenters. The Morgan fingerprint density at radius 2 is 2.27 bits per heavy atom. The fourth-order valence-electron chi connectivity index (χ4n) is 2.19. The van der Waals surface area contributed by atoms with E-state index in [9.17, 15) is 4.39 Å². The SMILES string of the molecule is CCNC(=NCc1cc(Br)ccc1F)NCC1CCCS1.I. The highest BCUT2D eigenvalue weighted by molar-refractivity contribution is 14.0. The van der Waals surface area contributed by atoms with Crippen molar-refractivity contribution in [1.82, 2.24) is 10.6 Å². The minimum atomic E-state index is -0.218. The second kappa shape index (κ2) is 10.7. The molecule has 0 aromatic heterocycles. The highest BCUT2D eigenvalue weighted by Gasteiger charge is 2.15. The Bertz CT molecular complexity index is 496. The lowest BCUT2D eigenvalue weighted by Crippen LogP contribution is -2.40. The summed E-state index contributed by atoms with van der Waals surface area (Å²) in [6, 6.07) is 4.93. The molecule has 1 aromatic rings. The van der Waals surface area contributed by atoms with Gasteiger partial charge in [-0.2, -0.15) is 11.8 Å². The average Bonchev–Trinajstić information content (AvgIpc) is 2.98. The summed E-state index contributed by atoms with van der Waals surface area (Å²) < 4.78 is 14.6. The van der Waals surface area contributed by atoms with Crippen molar-refractivity contribution in [2.75, 3.05) is 18.8 Å². The Kier molecular flexibility index (Phi) is 9.74. The van der Waals surface area contributed by atoms with Gasteiger partial charge in [0.2, 0.25) is 0 Å². The quantitative estimate of drug-likeness (QED) is 0.361. The van der Waals surface area contributed by atoms with Crippen molar-refractivity contribution in [3.8, 4) is 0 Å². The number of hydrogen-bond donors (Lipinski definition) is 2. The standard InChI is InChI=1S/C15H21BrFN3S.HI/c1-2-18-15(20-10-13-4-3-7-21-13)19-9-11-8-12(16)5-6-14(11)17;/h5-6,8,13H,2-4,7,9-10H2,1H3,(H2,18,19,20);1H. The minimum absolute atomic E-state index is 0. The van der Waals surface area contributed by atoms with Gasteiger partial charge >= 0.3 is 0 Å². The van der Waals surface area contributed by atoms with Gasteiger partial charge in [0, 0.05) is 28.4 Å². The molecule has 0 bridgehead atoms. The van der Waals surface area contributed by atoms with Crippen molar-refractivity contribution in [2.45, 2.75) is 31.6 Å². The van der Waals surface area contributed by atoms with E-state index in [1.54, 1.807) is 12.1 Å². The molecule has 1 heterocycles. The van der Waals surface area contributed by atoms with Crippen LogP contribution in [0.15, 0.2) is 27.7 Å². The summed E-state index contributed by atoms with van der Waals surface area (Å²) in [7, 11) is 0. The van der Waals surface area contributed by atoms with Crippen LogP contribution in [-0.2, 0) is 6.54 Å². The van der Waals surface area contributed by atoms with Crippen LogP contribution in [0.5, 0.6) is 0 Å². The molecule has 2 rings (SSSR count). The van der Waals surface area contributed by atoms with E-state index in [0.717, 1.165) is 23.5 Å². The van der Waals surface area contributed by atoms with Crippen LogP contribution in [0.2, 0.25) is 0 Å². The second-order valence-electron chi connectivity index (χ2n) is 4.95. The van der Waals surface area contributed by atoms with Gasteiger partial charge in [-0.1, -0.05) is 15.9 Å². The smallest absolute Gasteiger partial charge is 0.191 e. The molecule has 0 aliphatic carbocycles. The number of guanidine groups is 1. The monoisotopic (exact) mass is 501 g/mol. The van der Waals surface area contributed by atoms with E-state index in [1.807, 2.05) is 18.7 Å². The molecule has 1 aromatic carbocycles.